The van der Waals surface area contributed by atoms with Gasteiger partial charge in [0.25, 0.3) is 0 Å². The first-order valence-corrected chi connectivity index (χ1v) is 10.7. The van der Waals surface area contributed by atoms with Crippen LogP contribution in [0, 0.1) is 11.3 Å². The van der Waals surface area contributed by atoms with Crippen LogP contribution in [0.5, 0.6) is 0 Å². The van der Waals surface area contributed by atoms with Crippen LogP contribution in [0.4, 0.5) is 0 Å². The first-order valence-electron chi connectivity index (χ1n) is 10.7. The number of fused-ring (bicyclic) bond motifs is 2. The molecule has 0 fully saturated rings. The van der Waals surface area contributed by atoms with Crippen molar-refractivity contribution in [3.05, 3.63) is 64.3 Å². The SMILES string of the molecule is CC(C)CCn1c(Cn2c(=O)n(CC(=O)O)c3ccccc32)nc2cc(C(=N)NO)ccc21. The zero-order chi connectivity index (χ0) is 23.7. The number of para-hydroxylation sites is 2. The number of nitrogens with one attached hydrogen (secondary N) is 2. The molecule has 0 saturated carbocycles. The van der Waals surface area contributed by atoms with Gasteiger partial charge >= 0.3 is 11.7 Å². The van der Waals surface area contributed by atoms with Crippen LogP contribution in [-0.2, 0) is 24.4 Å². The minimum atomic E-state index is -1.09. The molecule has 4 rings (SSSR count). The minimum absolute atomic E-state index is 0.136. The average Bonchev–Trinajstić information content (AvgIpc) is 3.26. The topological polar surface area (TPSA) is 138 Å². The molecule has 0 aliphatic carbocycles. The fraction of sp³-hybridized carbons (Fsp3) is 0.304. The van der Waals surface area contributed by atoms with Crippen LogP contribution in [0.15, 0.2) is 47.3 Å². The Balaban J connectivity index is 1.86. The molecule has 0 saturated heterocycles. The Morgan fingerprint density at radius 1 is 1.09 bits per heavy atom. The molecule has 172 valence electrons. The summed E-state index contributed by atoms with van der Waals surface area (Å²) in [5.74, 6) is -0.104. The highest BCUT2D eigenvalue weighted by atomic mass is 16.5. The summed E-state index contributed by atoms with van der Waals surface area (Å²) in [4.78, 5) is 29.3. The maximum atomic E-state index is 13.2. The highest BCUT2D eigenvalue weighted by Crippen LogP contribution is 2.22. The smallest absolute Gasteiger partial charge is 0.330 e. The predicted octanol–water partition coefficient (Wildman–Crippen LogP) is 2.64. The summed E-state index contributed by atoms with van der Waals surface area (Å²) >= 11 is 0. The number of benzene rings is 2. The van der Waals surface area contributed by atoms with Crippen molar-refractivity contribution < 1.29 is 15.1 Å². The molecule has 10 nitrogen and oxygen atoms in total. The quantitative estimate of drug-likeness (QED) is 0.185. The fourth-order valence-corrected chi connectivity index (χ4v) is 4.01. The normalized spacial score (nSPS) is 11.5. The van der Waals surface area contributed by atoms with Crippen molar-refractivity contribution in [2.45, 2.75) is 39.9 Å². The van der Waals surface area contributed by atoms with Gasteiger partial charge in [0, 0.05) is 12.1 Å². The van der Waals surface area contributed by atoms with Crippen LogP contribution in [0.1, 0.15) is 31.7 Å². The number of carbonyl (C=O) groups is 1. The highest BCUT2D eigenvalue weighted by Gasteiger charge is 2.19. The molecule has 0 aliphatic heterocycles. The van der Waals surface area contributed by atoms with E-state index < -0.39 is 18.2 Å². The summed E-state index contributed by atoms with van der Waals surface area (Å²) in [6.45, 7) is 4.71. The third kappa shape index (κ3) is 4.24. The summed E-state index contributed by atoms with van der Waals surface area (Å²) in [5, 5.41) is 26.2. The number of rotatable bonds is 8. The van der Waals surface area contributed by atoms with Crippen molar-refractivity contribution in [2.75, 3.05) is 0 Å². The number of hydroxylamine groups is 1. The van der Waals surface area contributed by atoms with Crippen molar-refractivity contribution in [3.8, 4) is 0 Å². The average molecular weight is 450 g/mol. The molecule has 0 amide bonds. The van der Waals surface area contributed by atoms with Gasteiger partial charge in [-0.1, -0.05) is 26.0 Å². The number of amidine groups is 1. The Labute approximate surface area is 189 Å². The molecule has 4 N–H and O–H groups in total. The van der Waals surface area contributed by atoms with Crippen molar-refractivity contribution in [1.29, 1.82) is 5.41 Å². The summed E-state index contributed by atoms with van der Waals surface area (Å²) in [6, 6.07) is 12.4. The van der Waals surface area contributed by atoms with Crippen LogP contribution in [-0.4, -0.2) is 40.8 Å². The van der Waals surface area contributed by atoms with Crippen molar-refractivity contribution >= 4 is 33.9 Å². The number of hydrogen-bond acceptors (Lipinski definition) is 5. The van der Waals surface area contributed by atoms with Gasteiger partial charge in [0.15, 0.2) is 0 Å². The zero-order valence-corrected chi connectivity index (χ0v) is 18.4. The first-order chi connectivity index (χ1) is 15.8. The lowest BCUT2D eigenvalue weighted by atomic mass is 10.1. The van der Waals surface area contributed by atoms with Crippen LogP contribution < -0.4 is 11.2 Å². The number of carboxylic acid groups (broad SMARTS) is 1. The number of nitrogens with zero attached hydrogens (tertiary/aromatic N) is 4. The van der Waals surface area contributed by atoms with E-state index in [4.69, 9.17) is 15.6 Å². The maximum absolute atomic E-state index is 13.2. The monoisotopic (exact) mass is 450 g/mol. The largest absolute Gasteiger partial charge is 0.480 e. The van der Waals surface area contributed by atoms with Crippen LogP contribution in [0.3, 0.4) is 0 Å². The van der Waals surface area contributed by atoms with E-state index in [1.807, 2.05) is 17.6 Å². The van der Waals surface area contributed by atoms with Crippen LogP contribution >= 0.6 is 0 Å². The van der Waals surface area contributed by atoms with Gasteiger partial charge in [-0.3, -0.25) is 30.0 Å². The van der Waals surface area contributed by atoms with E-state index in [1.54, 1.807) is 34.9 Å². The Kier molecular flexibility index (Phi) is 6.01. The lowest BCUT2D eigenvalue weighted by molar-refractivity contribution is -0.137. The van der Waals surface area contributed by atoms with E-state index in [2.05, 4.69) is 18.4 Å². The van der Waals surface area contributed by atoms with Gasteiger partial charge in [-0.25, -0.2) is 9.78 Å². The fourth-order valence-electron chi connectivity index (χ4n) is 4.01. The summed E-state index contributed by atoms with van der Waals surface area (Å²) in [5.41, 5.74) is 4.63. The number of carboxylic acids is 1. The second-order valence-corrected chi connectivity index (χ2v) is 8.39. The molecule has 0 spiro atoms. The number of imidazole rings is 2. The van der Waals surface area contributed by atoms with Gasteiger partial charge in [0.05, 0.1) is 28.6 Å². The second kappa shape index (κ2) is 8.91. The molecule has 2 heterocycles. The number of hydrogen-bond donors (Lipinski definition) is 4. The Morgan fingerprint density at radius 2 is 1.79 bits per heavy atom. The molecule has 2 aromatic carbocycles. The predicted molar refractivity (Wildman–Crippen MR) is 124 cm³/mol. The molecule has 2 aromatic heterocycles. The van der Waals surface area contributed by atoms with Crippen LogP contribution in [0.25, 0.3) is 22.1 Å². The molecule has 0 aliphatic rings. The molecule has 33 heavy (non-hydrogen) atoms. The van der Waals surface area contributed by atoms with E-state index in [0.29, 0.717) is 40.4 Å². The van der Waals surface area contributed by atoms with Gasteiger partial charge in [-0.05, 0) is 42.7 Å². The van der Waals surface area contributed by atoms with Crippen molar-refractivity contribution in [2.24, 2.45) is 5.92 Å². The van der Waals surface area contributed by atoms with E-state index in [0.717, 1.165) is 11.9 Å². The lowest BCUT2D eigenvalue weighted by Gasteiger charge is -2.12. The van der Waals surface area contributed by atoms with Gasteiger partial charge < -0.3 is 9.67 Å². The third-order valence-corrected chi connectivity index (χ3v) is 5.68. The summed E-state index contributed by atoms with van der Waals surface area (Å²) in [6.07, 6.45) is 0.907. The Bertz CT molecular complexity index is 1410. The van der Waals surface area contributed by atoms with E-state index in [9.17, 15) is 14.7 Å². The minimum Gasteiger partial charge on any atom is -0.480 e. The highest BCUT2D eigenvalue weighted by molar-refractivity contribution is 5.98. The standard InChI is InChI=1S/C23H26N6O4/c1-14(2)9-10-27-17-8-7-15(22(24)26-33)11-16(17)25-20(27)12-28-18-5-3-4-6-19(18)29(23(28)32)13-21(30)31/h3-8,11,14,33H,9-10,12-13H2,1-2H3,(H2,24,26)(H,30,31). The molecule has 0 radical (unpaired) electrons. The van der Waals surface area contributed by atoms with E-state index in [1.165, 1.54) is 4.57 Å². The summed E-state index contributed by atoms with van der Waals surface area (Å²) in [7, 11) is 0. The van der Waals surface area contributed by atoms with Crippen molar-refractivity contribution in [3.63, 3.8) is 0 Å². The van der Waals surface area contributed by atoms with Gasteiger partial charge in [0.2, 0.25) is 0 Å². The number of aryl methyl sites for hydroxylation is 1. The Morgan fingerprint density at radius 3 is 2.42 bits per heavy atom. The van der Waals surface area contributed by atoms with Gasteiger partial charge in [0.1, 0.15) is 18.2 Å². The van der Waals surface area contributed by atoms with E-state index >= 15 is 0 Å². The van der Waals surface area contributed by atoms with E-state index in [-0.39, 0.29) is 12.4 Å². The lowest BCUT2D eigenvalue weighted by Crippen LogP contribution is -2.28. The maximum Gasteiger partial charge on any atom is 0.330 e. The summed E-state index contributed by atoms with van der Waals surface area (Å²) < 4.78 is 4.86. The molecule has 0 bridgehead atoms. The molecule has 0 atom stereocenters. The third-order valence-electron chi connectivity index (χ3n) is 5.68. The molecular formula is C23H26N6O4. The van der Waals surface area contributed by atoms with Crippen molar-refractivity contribution in [1.82, 2.24) is 24.2 Å². The molecule has 10 heteroatoms. The molecule has 4 aromatic rings. The number of aliphatic carboxylic acids is 1. The molecular weight excluding hydrogens is 424 g/mol. The first kappa shape index (κ1) is 22.3. The molecule has 0 unspecified atom stereocenters. The van der Waals surface area contributed by atoms with Gasteiger partial charge in [-0.2, -0.15) is 0 Å². The van der Waals surface area contributed by atoms with Gasteiger partial charge in [-0.15, -0.1) is 0 Å². The van der Waals surface area contributed by atoms with Crippen LogP contribution in [0.2, 0.25) is 0 Å². The Hall–Kier alpha value is -3.92. The number of aromatic nitrogens is 4. The zero-order valence-electron chi connectivity index (χ0n) is 18.4. The second-order valence-electron chi connectivity index (χ2n) is 8.39.